The largest absolute Gasteiger partial charge is 0.444 e. The minimum atomic E-state index is -0.602. The van der Waals surface area contributed by atoms with Crippen LogP contribution in [-0.2, 0) is 4.74 Å². The molecule has 0 radical (unpaired) electrons. The van der Waals surface area contributed by atoms with Crippen LogP contribution in [0.3, 0.4) is 0 Å². The van der Waals surface area contributed by atoms with Crippen molar-refractivity contribution in [1.29, 1.82) is 0 Å². The number of nitrogens with one attached hydrogen (secondary N) is 3. The van der Waals surface area contributed by atoms with E-state index in [9.17, 15) is 4.79 Å². The lowest BCUT2D eigenvalue weighted by Gasteiger charge is -2.20. The van der Waals surface area contributed by atoms with Gasteiger partial charge in [-0.2, -0.15) is 0 Å². The zero-order valence-electron chi connectivity index (χ0n) is 20.5. The molecule has 1 aromatic carbocycles. The number of rotatable bonds is 7. The molecule has 1 amide bonds. The fourth-order valence-electron chi connectivity index (χ4n) is 3.27. The summed E-state index contributed by atoms with van der Waals surface area (Å²) in [6.07, 6.45) is 1.13. The maximum atomic E-state index is 12.1. The lowest BCUT2D eigenvalue weighted by molar-refractivity contribution is 0.0501. The van der Waals surface area contributed by atoms with E-state index in [0.717, 1.165) is 21.6 Å². The second kappa shape index (κ2) is 9.87. The first kappa shape index (κ1) is 24.4. The van der Waals surface area contributed by atoms with E-state index in [0.29, 0.717) is 17.3 Å². The number of carbonyl (C=O) groups is 1. The van der Waals surface area contributed by atoms with Gasteiger partial charge in [0, 0.05) is 24.0 Å². The molecule has 3 N–H and O–H groups in total. The van der Waals surface area contributed by atoms with Gasteiger partial charge < -0.3 is 25.1 Å². The van der Waals surface area contributed by atoms with Crippen LogP contribution in [0.15, 0.2) is 40.4 Å². The lowest BCUT2D eigenvalue weighted by atomic mass is 10.2. The Kier molecular flexibility index (Phi) is 6.88. The molecule has 0 fully saturated rings. The van der Waals surface area contributed by atoms with E-state index < -0.39 is 17.7 Å². The molecule has 0 bridgehead atoms. The third kappa shape index (κ3) is 6.24. The van der Waals surface area contributed by atoms with Crippen LogP contribution in [0.1, 0.15) is 53.5 Å². The SMILES string of the molecule is CC(C)Nc1cc(Nc2ccc3ncsc3c2)ncc1-c1nnc(C(C)NC(=O)OC(C)(C)C)o1. The van der Waals surface area contributed by atoms with Gasteiger partial charge in [-0.15, -0.1) is 21.5 Å². The average Bonchev–Trinajstić information content (AvgIpc) is 3.41. The van der Waals surface area contributed by atoms with E-state index in [2.05, 4.69) is 36.1 Å². The molecule has 11 heteroatoms. The topological polar surface area (TPSA) is 127 Å². The quantitative estimate of drug-likeness (QED) is 0.287. The molecule has 35 heavy (non-hydrogen) atoms. The van der Waals surface area contributed by atoms with Crippen LogP contribution in [-0.4, -0.2) is 37.9 Å². The highest BCUT2D eigenvalue weighted by atomic mass is 32.1. The third-order valence-corrected chi connectivity index (χ3v) is 5.52. The minimum Gasteiger partial charge on any atom is -0.444 e. The van der Waals surface area contributed by atoms with Crippen molar-refractivity contribution < 1.29 is 13.9 Å². The average molecular weight is 496 g/mol. The van der Waals surface area contributed by atoms with E-state index in [4.69, 9.17) is 9.15 Å². The Hall–Kier alpha value is -3.73. The van der Waals surface area contributed by atoms with Gasteiger partial charge in [0.05, 0.1) is 27.0 Å². The standard InChI is InChI=1S/C24H29N7O3S/c1-13(2)27-18-10-20(29-15-7-8-17-19(9-15)35-12-26-17)25-11-16(18)22-31-30-21(33-22)14(3)28-23(32)34-24(4,5)6/h7-14H,1-6H3,(H,28,32)(H2,25,27,29). The van der Waals surface area contributed by atoms with Gasteiger partial charge in [0.1, 0.15) is 17.5 Å². The van der Waals surface area contributed by atoms with Gasteiger partial charge in [0.2, 0.25) is 5.89 Å². The first-order valence-corrected chi connectivity index (χ1v) is 12.2. The predicted octanol–water partition coefficient (Wildman–Crippen LogP) is 5.89. The van der Waals surface area contributed by atoms with Gasteiger partial charge in [-0.3, -0.25) is 0 Å². The summed E-state index contributed by atoms with van der Waals surface area (Å²) in [6.45, 7) is 11.2. The number of amides is 1. The summed E-state index contributed by atoms with van der Waals surface area (Å²) in [5.74, 6) is 1.23. The molecule has 10 nitrogen and oxygen atoms in total. The van der Waals surface area contributed by atoms with Crippen LogP contribution in [0.25, 0.3) is 21.7 Å². The minimum absolute atomic E-state index is 0.160. The molecule has 184 valence electrons. The van der Waals surface area contributed by atoms with Crippen LogP contribution >= 0.6 is 11.3 Å². The van der Waals surface area contributed by atoms with Crippen LogP contribution in [0.5, 0.6) is 0 Å². The van der Waals surface area contributed by atoms with Crippen LogP contribution in [0, 0.1) is 0 Å². The zero-order valence-corrected chi connectivity index (χ0v) is 21.4. The Balaban J connectivity index is 1.55. The molecule has 4 aromatic rings. The summed E-state index contributed by atoms with van der Waals surface area (Å²) in [6, 6.07) is 7.52. The zero-order chi connectivity index (χ0) is 25.2. The molecule has 4 rings (SSSR count). The summed E-state index contributed by atoms with van der Waals surface area (Å²) in [5.41, 5.74) is 4.56. The van der Waals surface area contributed by atoms with Crippen molar-refractivity contribution in [2.24, 2.45) is 0 Å². The summed E-state index contributed by atoms with van der Waals surface area (Å²) in [4.78, 5) is 21.0. The monoisotopic (exact) mass is 495 g/mol. The molecule has 1 atom stereocenters. The second-order valence-corrected chi connectivity index (χ2v) is 10.3. The summed E-state index contributed by atoms with van der Waals surface area (Å²) >= 11 is 1.59. The molecule has 1 unspecified atom stereocenters. The Morgan fingerprint density at radius 2 is 1.91 bits per heavy atom. The maximum Gasteiger partial charge on any atom is 0.408 e. The fraction of sp³-hybridized carbons (Fsp3) is 0.375. The number of hydrogen-bond acceptors (Lipinski definition) is 10. The van der Waals surface area contributed by atoms with Crippen molar-refractivity contribution in [3.05, 3.63) is 41.9 Å². The molecule has 3 aromatic heterocycles. The highest BCUT2D eigenvalue weighted by molar-refractivity contribution is 7.16. The second-order valence-electron chi connectivity index (χ2n) is 9.39. The van der Waals surface area contributed by atoms with Crippen molar-refractivity contribution in [1.82, 2.24) is 25.5 Å². The fourth-order valence-corrected chi connectivity index (χ4v) is 3.99. The van der Waals surface area contributed by atoms with Gasteiger partial charge in [0.15, 0.2) is 0 Å². The smallest absolute Gasteiger partial charge is 0.408 e. The van der Waals surface area contributed by atoms with Crippen molar-refractivity contribution in [3.8, 4) is 11.5 Å². The van der Waals surface area contributed by atoms with Crippen LogP contribution < -0.4 is 16.0 Å². The molecule has 0 aliphatic carbocycles. The molecule has 0 spiro atoms. The third-order valence-electron chi connectivity index (χ3n) is 4.73. The van der Waals surface area contributed by atoms with Crippen molar-refractivity contribution in [2.75, 3.05) is 10.6 Å². The van der Waals surface area contributed by atoms with E-state index >= 15 is 0 Å². The summed E-state index contributed by atoms with van der Waals surface area (Å²) in [5, 5.41) is 17.8. The maximum absolute atomic E-state index is 12.1. The van der Waals surface area contributed by atoms with Crippen molar-refractivity contribution in [3.63, 3.8) is 0 Å². The highest BCUT2D eigenvalue weighted by Crippen LogP contribution is 2.31. The highest BCUT2D eigenvalue weighted by Gasteiger charge is 2.22. The molecule has 0 aliphatic rings. The van der Waals surface area contributed by atoms with E-state index in [-0.39, 0.29) is 11.9 Å². The molecule has 3 heterocycles. The Bertz CT molecular complexity index is 1330. The number of hydrogen-bond donors (Lipinski definition) is 3. The number of benzene rings is 1. The lowest BCUT2D eigenvalue weighted by Crippen LogP contribution is -2.34. The van der Waals surface area contributed by atoms with Crippen LogP contribution in [0.2, 0.25) is 0 Å². The molecule has 0 saturated carbocycles. The molecule has 0 saturated heterocycles. The summed E-state index contributed by atoms with van der Waals surface area (Å²) in [7, 11) is 0. The number of thiazole rings is 1. The van der Waals surface area contributed by atoms with Crippen molar-refractivity contribution >= 4 is 44.8 Å². The van der Waals surface area contributed by atoms with Crippen LogP contribution in [0.4, 0.5) is 22.0 Å². The Morgan fingerprint density at radius 3 is 2.66 bits per heavy atom. The number of aromatic nitrogens is 4. The normalized spacial score (nSPS) is 12.5. The number of pyridine rings is 1. The van der Waals surface area contributed by atoms with E-state index in [1.807, 2.05) is 43.6 Å². The first-order chi connectivity index (χ1) is 16.6. The van der Waals surface area contributed by atoms with E-state index in [1.165, 1.54) is 0 Å². The Morgan fingerprint density at radius 1 is 1.11 bits per heavy atom. The number of ether oxygens (including phenoxy) is 1. The van der Waals surface area contributed by atoms with Gasteiger partial charge >= 0.3 is 6.09 Å². The number of alkyl carbamates (subject to hydrolysis) is 1. The Labute approximate surface area is 207 Å². The number of nitrogens with zero attached hydrogens (tertiary/aromatic N) is 4. The van der Waals surface area contributed by atoms with Gasteiger partial charge in [-0.1, -0.05) is 0 Å². The first-order valence-electron chi connectivity index (χ1n) is 11.3. The van der Waals surface area contributed by atoms with E-state index in [1.54, 1.807) is 45.2 Å². The van der Waals surface area contributed by atoms with Gasteiger partial charge in [0.25, 0.3) is 5.89 Å². The summed E-state index contributed by atoms with van der Waals surface area (Å²) < 4.78 is 12.3. The molecular weight excluding hydrogens is 466 g/mol. The van der Waals surface area contributed by atoms with Crippen molar-refractivity contribution in [2.45, 2.75) is 59.2 Å². The number of fused-ring (bicyclic) bond motifs is 1. The number of carbonyl (C=O) groups excluding carboxylic acids is 1. The predicted molar refractivity (Wildman–Crippen MR) is 137 cm³/mol. The van der Waals surface area contributed by atoms with Gasteiger partial charge in [-0.25, -0.2) is 14.8 Å². The number of anilines is 3. The molecular formula is C24H29N7O3S. The van der Waals surface area contributed by atoms with Gasteiger partial charge in [-0.05, 0) is 59.7 Å². The molecule has 0 aliphatic heterocycles.